The summed E-state index contributed by atoms with van der Waals surface area (Å²) < 4.78 is 30.5. The zero-order valence-electron chi connectivity index (χ0n) is 18.4. The van der Waals surface area contributed by atoms with Gasteiger partial charge < -0.3 is 5.11 Å². The molecule has 0 spiro atoms. The number of pyridine rings is 1. The van der Waals surface area contributed by atoms with Crippen LogP contribution in [0.25, 0.3) is 11.1 Å². The van der Waals surface area contributed by atoms with E-state index in [0.29, 0.717) is 30.8 Å². The van der Waals surface area contributed by atoms with Crippen molar-refractivity contribution in [1.29, 1.82) is 0 Å². The largest absolute Gasteiger partial charge is 0.478 e. The highest BCUT2D eigenvalue weighted by Gasteiger charge is 2.36. The normalized spacial score (nSPS) is 11.6. The highest BCUT2D eigenvalue weighted by molar-refractivity contribution is 5.95. The molecule has 0 saturated heterocycles. The van der Waals surface area contributed by atoms with Crippen LogP contribution in [0, 0.1) is 0 Å². The number of nitrogens with zero attached hydrogens (tertiary/aromatic N) is 4. The summed E-state index contributed by atoms with van der Waals surface area (Å²) in [6.07, 6.45) is 6.26. The number of benzene rings is 1. The van der Waals surface area contributed by atoms with Crippen LogP contribution in [0.15, 0.2) is 42.7 Å². The highest BCUT2D eigenvalue weighted by atomic mass is 19.3. The minimum atomic E-state index is -3.04. The monoisotopic (exact) mass is 442 g/mol. The van der Waals surface area contributed by atoms with Crippen LogP contribution in [0.2, 0.25) is 0 Å². The van der Waals surface area contributed by atoms with Crippen LogP contribution in [-0.4, -0.2) is 30.8 Å². The van der Waals surface area contributed by atoms with E-state index in [0.717, 1.165) is 30.4 Å². The second-order valence-corrected chi connectivity index (χ2v) is 7.84. The summed E-state index contributed by atoms with van der Waals surface area (Å²) in [5.41, 5.74) is 2.30. The van der Waals surface area contributed by atoms with Crippen LogP contribution in [0.3, 0.4) is 0 Å². The molecule has 0 bridgehead atoms. The fourth-order valence-corrected chi connectivity index (χ4v) is 3.57. The number of aromatic carboxylic acids is 1. The van der Waals surface area contributed by atoms with Crippen molar-refractivity contribution in [2.45, 2.75) is 64.8 Å². The van der Waals surface area contributed by atoms with Crippen molar-refractivity contribution in [3.05, 3.63) is 65.5 Å². The van der Waals surface area contributed by atoms with E-state index in [9.17, 15) is 18.7 Å². The van der Waals surface area contributed by atoms with Crippen molar-refractivity contribution >= 4 is 5.97 Å². The Morgan fingerprint density at radius 3 is 2.50 bits per heavy atom. The number of carboxylic acid groups (broad SMARTS) is 1. The van der Waals surface area contributed by atoms with Gasteiger partial charge in [-0.2, -0.15) is 8.78 Å². The van der Waals surface area contributed by atoms with Gasteiger partial charge >= 0.3 is 11.9 Å². The van der Waals surface area contributed by atoms with E-state index in [1.54, 1.807) is 11.6 Å². The summed E-state index contributed by atoms with van der Waals surface area (Å²) in [7, 11) is 0. The van der Waals surface area contributed by atoms with Gasteiger partial charge in [-0.15, -0.1) is 5.10 Å². The van der Waals surface area contributed by atoms with Gasteiger partial charge in [-0.3, -0.25) is 4.98 Å². The maximum absolute atomic E-state index is 14.4. The Kier molecular flexibility index (Phi) is 7.66. The molecule has 0 atom stereocenters. The Morgan fingerprint density at radius 1 is 1.09 bits per heavy atom. The Bertz CT molecular complexity index is 1050. The van der Waals surface area contributed by atoms with E-state index >= 15 is 0 Å². The summed E-state index contributed by atoms with van der Waals surface area (Å²) in [6, 6.07) is 8.78. The van der Waals surface area contributed by atoms with E-state index in [4.69, 9.17) is 0 Å². The van der Waals surface area contributed by atoms with E-state index < -0.39 is 17.7 Å². The molecule has 0 aliphatic carbocycles. The Morgan fingerprint density at radius 2 is 1.84 bits per heavy atom. The molecule has 0 saturated carbocycles. The quantitative estimate of drug-likeness (QED) is 0.385. The first-order valence-electron chi connectivity index (χ1n) is 10.9. The number of alkyl halides is 2. The van der Waals surface area contributed by atoms with Crippen molar-refractivity contribution in [3.8, 4) is 11.1 Å². The van der Waals surface area contributed by atoms with Crippen molar-refractivity contribution < 1.29 is 18.7 Å². The van der Waals surface area contributed by atoms with Crippen LogP contribution in [-0.2, 0) is 18.9 Å². The van der Waals surface area contributed by atoms with E-state index in [1.165, 1.54) is 18.5 Å². The van der Waals surface area contributed by atoms with Crippen molar-refractivity contribution in [2.75, 3.05) is 0 Å². The first-order chi connectivity index (χ1) is 15.4. The van der Waals surface area contributed by atoms with Crippen LogP contribution in [0.1, 0.15) is 73.5 Å². The summed E-state index contributed by atoms with van der Waals surface area (Å²) in [5, 5.41) is 13.5. The molecular weight excluding hydrogens is 414 g/mol. The fraction of sp³-hybridized carbons (Fsp3) is 0.417. The van der Waals surface area contributed by atoms with Crippen LogP contribution >= 0.6 is 0 Å². The number of carbonyl (C=O) groups is 1. The summed E-state index contributed by atoms with van der Waals surface area (Å²) in [6.45, 7) is 4.35. The van der Waals surface area contributed by atoms with Gasteiger partial charge in [-0.1, -0.05) is 51.0 Å². The van der Waals surface area contributed by atoms with Gasteiger partial charge in [0.05, 0.1) is 5.56 Å². The van der Waals surface area contributed by atoms with Gasteiger partial charge in [-0.25, -0.2) is 14.5 Å². The van der Waals surface area contributed by atoms with Crippen molar-refractivity contribution in [3.63, 3.8) is 0 Å². The zero-order valence-corrected chi connectivity index (χ0v) is 18.4. The lowest BCUT2D eigenvalue weighted by molar-refractivity contribution is -0.0232. The number of halogens is 2. The molecule has 0 radical (unpaired) electrons. The van der Waals surface area contributed by atoms with Gasteiger partial charge in [0.1, 0.15) is 5.82 Å². The lowest BCUT2D eigenvalue weighted by atomic mass is 10.00. The lowest BCUT2D eigenvalue weighted by Gasteiger charge is -2.10. The first-order valence-corrected chi connectivity index (χ1v) is 10.9. The smallest absolute Gasteiger partial charge is 0.336 e. The molecule has 3 aromatic rings. The summed E-state index contributed by atoms with van der Waals surface area (Å²) in [4.78, 5) is 19.7. The molecular formula is C24H28F2N4O2. The van der Waals surface area contributed by atoms with E-state index in [1.807, 2.05) is 24.3 Å². The van der Waals surface area contributed by atoms with Crippen LogP contribution in [0.5, 0.6) is 0 Å². The van der Waals surface area contributed by atoms with Gasteiger partial charge in [-0.05, 0) is 30.0 Å². The number of aromatic nitrogens is 4. The molecule has 0 aliphatic rings. The molecule has 6 nitrogen and oxygen atoms in total. The lowest BCUT2D eigenvalue weighted by Crippen LogP contribution is -2.15. The van der Waals surface area contributed by atoms with Crippen LogP contribution in [0.4, 0.5) is 8.78 Å². The molecule has 8 heteroatoms. The molecule has 3 rings (SSSR count). The average molecular weight is 443 g/mol. The number of unbranched alkanes of at least 4 members (excludes halogenated alkanes) is 2. The standard InChI is InChI=1S/C24H28F2N4O2/c1-3-5-6-14-30-21(28-23(29-30)24(25,26)12-4-2)15-17-7-9-18(10-8-17)20-16-27-13-11-19(20)22(31)32/h7-11,13,16H,3-6,12,14-15H2,1-2H3,(H,31,32). The maximum atomic E-state index is 14.4. The molecule has 0 unspecified atom stereocenters. The number of hydrogen-bond donors (Lipinski definition) is 1. The van der Waals surface area contributed by atoms with E-state index in [2.05, 4.69) is 22.0 Å². The van der Waals surface area contributed by atoms with Crippen LogP contribution < -0.4 is 0 Å². The summed E-state index contributed by atoms with van der Waals surface area (Å²) >= 11 is 0. The van der Waals surface area contributed by atoms with E-state index in [-0.39, 0.29) is 12.0 Å². The molecule has 2 heterocycles. The third kappa shape index (κ3) is 5.55. The van der Waals surface area contributed by atoms with Gasteiger partial charge in [0.25, 0.3) is 0 Å². The predicted octanol–water partition coefficient (Wildman–Crippen LogP) is 5.71. The minimum Gasteiger partial charge on any atom is -0.478 e. The van der Waals surface area contributed by atoms with Crippen molar-refractivity contribution in [1.82, 2.24) is 19.7 Å². The third-order valence-electron chi connectivity index (χ3n) is 5.29. The minimum absolute atomic E-state index is 0.172. The average Bonchev–Trinajstić information content (AvgIpc) is 3.18. The molecule has 32 heavy (non-hydrogen) atoms. The molecule has 1 N–H and O–H groups in total. The van der Waals surface area contributed by atoms with Crippen molar-refractivity contribution in [2.24, 2.45) is 0 Å². The first kappa shape index (κ1) is 23.5. The fourth-order valence-electron chi connectivity index (χ4n) is 3.57. The number of carboxylic acids is 1. The highest BCUT2D eigenvalue weighted by Crippen LogP contribution is 2.31. The maximum Gasteiger partial charge on any atom is 0.336 e. The van der Waals surface area contributed by atoms with Gasteiger partial charge in [0, 0.05) is 37.3 Å². The van der Waals surface area contributed by atoms with Gasteiger partial charge in [0.2, 0.25) is 5.82 Å². The molecule has 2 aromatic heterocycles. The number of hydrogen-bond acceptors (Lipinski definition) is 4. The molecule has 0 amide bonds. The Balaban J connectivity index is 1.86. The Labute approximate surface area is 186 Å². The predicted molar refractivity (Wildman–Crippen MR) is 118 cm³/mol. The van der Waals surface area contributed by atoms with Gasteiger partial charge in [0.15, 0.2) is 0 Å². The molecule has 1 aromatic carbocycles. The second kappa shape index (κ2) is 10.4. The molecule has 170 valence electrons. The Hall–Kier alpha value is -3.16. The number of aryl methyl sites for hydroxylation is 1. The molecule has 0 aliphatic heterocycles. The summed E-state index contributed by atoms with van der Waals surface area (Å²) in [5.74, 6) is -3.97. The number of rotatable bonds is 11. The SMILES string of the molecule is CCCCCn1nc(C(F)(F)CCC)nc1Cc1ccc(-c2cnccc2C(=O)O)cc1. The second-order valence-electron chi connectivity index (χ2n) is 7.84. The zero-order chi connectivity index (χ0) is 23.1. The topological polar surface area (TPSA) is 80.9 Å². The molecule has 0 fully saturated rings. The third-order valence-corrected chi connectivity index (χ3v) is 5.29.